The first kappa shape index (κ1) is 10.9. The van der Waals surface area contributed by atoms with Crippen molar-refractivity contribution in [1.29, 1.82) is 5.26 Å². The largest absolute Gasteiger partial charge is 0.373 e. The number of nitrogens with one attached hydrogen (secondary N) is 1. The maximum atomic E-state index is 8.72. The molecule has 0 saturated carbocycles. The molecule has 0 aliphatic heterocycles. The highest BCUT2D eigenvalue weighted by molar-refractivity contribution is 5.64. The summed E-state index contributed by atoms with van der Waals surface area (Å²) in [5.41, 5.74) is 7.86. The molecule has 0 saturated heterocycles. The summed E-state index contributed by atoms with van der Waals surface area (Å²) in [6.07, 6.45) is 0. The lowest BCUT2D eigenvalue weighted by Crippen LogP contribution is -2.01. The number of nitrogens with zero attached hydrogens (tertiary/aromatic N) is 3. The van der Waals surface area contributed by atoms with Crippen molar-refractivity contribution in [3.63, 3.8) is 0 Å². The van der Waals surface area contributed by atoms with Gasteiger partial charge in [-0.15, -0.1) is 0 Å². The van der Waals surface area contributed by atoms with Crippen LogP contribution < -0.4 is 11.1 Å². The topological polar surface area (TPSA) is 87.6 Å². The number of rotatable bonds is 2. The fourth-order valence-electron chi connectivity index (χ4n) is 1.46. The SMILES string of the molecule is CNc1cc(-c2ccc(C#N)cc2)nc(N)n1. The number of anilines is 2. The maximum absolute atomic E-state index is 8.72. The van der Waals surface area contributed by atoms with E-state index in [-0.39, 0.29) is 5.95 Å². The van der Waals surface area contributed by atoms with Crippen LogP contribution in [0.1, 0.15) is 5.56 Å². The van der Waals surface area contributed by atoms with E-state index in [1.165, 1.54) is 0 Å². The number of nitrogens with two attached hydrogens (primary N) is 1. The van der Waals surface area contributed by atoms with Crippen LogP contribution in [-0.4, -0.2) is 17.0 Å². The Kier molecular flexibility index (Phi) is 2.88. The fraction of sp³-hybridized carbons (Fsp3) is 0.0833. The van der Waals surface area contributed by atoms with Crippen LogP contribution in [0.2, 0.25) is 0 Å². The summed E-state index contributed by atoms with van der Waals surface area (Å²) in [5, 5.41) is 11.6. The highest BCUT2D eigenvalue weighted by Gasteiger charge is 2.04. The van der Waals surface area contributed by atoms with Crippen LogP contribution in [0.3, 0.4) is 0 Å². The standard InChI is InChI=1S/C12H11N5/c1-15-11-6-10(16-12(14)17-11)9-4-2-8(7-13)3-5-9/h2-6H,1H3,(H3,14,15,16,17). The van der Waals surface area contributed by atoms with Gasteiger partial charge >= 0.3 is 0 Å². The van der Waals surface area contributed by atoms with Gasteiger partial charge in [0.1, 0.15) is 5.82 Å². The molecule has 0 aliphatic rings. The minimum atomic E-state index is 0.219. The van der Waals surface area contributed by atoms with E-state index in [4.69, 9.17) is 11.0 Å². The zero-order chi connectivity index (χ0) is 12.3. The Bertz CT molecular complexity index is 568. The number of benzene rings is 1. The molecule has 3 N–H and O–H groups in total. The molecule has 0 amide bonds. The lowest BCUT2D eigenvalue weighted by molar-refractivity contribution is 1.18. The lowest BCUT2D eigenvalue weighted by atomic mass is 10.1. The van der Waals surface area contributed by atoms with Gasteiger partial charge in [0.25, 0.3) is 0 Å². The second-order valence-corrected chi connectivity index (χ2v) is 3.44. The molecular weight excluding hydrogens is 214 g/mol. The van der Waals surface area contributed by atoms with Crippen molar-refractivity contribution in [2.24, 2.45) is 0 Å². The van der Waals surface area contributed by atoms with Crippen LogP contribution in [0.15, 0.2) is 30.3 Å². The smallest absolute Gasteiger partial charge is 0.222 e. The Hall–Kier alpha value is -2.61. The third-order valence-corrected chi connectivity index (χ3v) is 2.31. The van der Waals surface area contributed by atoms with Crippen molar-refractivity contribution in [2.45, 2.75) is 0 Å². The van der Waals surface area contributed by atoms with Gasteiger partial charge < -0.3 is 11.1 Å². The van der Waals surface area contributed by atoms with Gasteiger partial charge in [-0.1, -0.05) is 12.1 Å². The van der Waals surface area contributed by atoms with Crippen molar-refractivity contribution in [3.8, 4) is 17.3 Å². The molecule has 17 heavy (non-hydrogen) atoms. The van der Waals surface area contributed by atoms with Crippen molar-refractivity contribution in [3.05, 3.63) is 35.9 Å². The molecule has 0 spiro atoms. The summed E-state index contributed by atoms with van der Waals surface area (Å²) in [6, 6.07) is 11.0. The van der Waals surface area contributed by atoms with Crippen molar-refractivity contribution < 1.29 is 0 Å². The molecule has 5 heteroatoms. The normalized spacial score (nSPS) is 9.65. The molecule has 2 aromatic rings. The van der Waals surface area contributed by atoms with Gasteiger partial charge in [-0.2, -0.15) is 10.2 Å². The second kappa shape index (κ2) is 4.49. The molecule has 5 nitrogen and oxygen atoms in total. The van der Waals surface area contributed by atoms with E-state index in [9.17, 15) is 0 Å². The van der Waals surface area contributed by atoms with Gasteiger partial charge in [0, 0.05) is 18.7 Å². The minimum Gasteiger partial charge on any atom is -0.373 e. The van der Waals surface area contributed by atoms with E-state index in [2.05, 4.69) is 21.4 Å². The Morgan fingerprint density at radius 2 is 1.94 bits per heavy atom. The molecule has 0 unspecified atom stereocenters. The van der Waals surface area contributed by atoms with Crippen molar-refractivity contribution in [1.82, 2.24) is 9.97 Å². The maximum Gasteiger partial charge on any atom is 0.222 e. The number of nitriles is 1. The molecule has 0 radical (unpaired) electrons. The molecule has 0 fully saturated rings. The van der Waals surface area contributed by atoms with Crippen LogP contribution in [0.4, 0.5) is 11.8 Å². The molecule has 2 rings (SSSR count). The zero-order valence-electron chi connectivity index (χ0n) is 9.31. The molecule has 0 atom stereocenters. The van der Waals surface area contributed by atoms with E-state index in [1.807, 2.05) is 12.1 Å². The number of nitrogen functional groups attached to an aromatic ring is 1. The summed E-state index contributed by atoms with van der Waals surface area (Å²) >= 11 is 0. The van der Waals surface area contributed by atoms with Gasteiger partial charge in [-0.25, -0.2) is 4.98 Å². The van der Waals surface area contributed by atoms with Crippen LogP contribution >= 0.6 is 0 Å². The van der Waals surface area contributed by atoms with E-state index < -0.39 is 0 Å². The van der Waals surface area contributed by atoms with Gasteiger partial charge in [0.15, 0.2) is 0 Å². The van der Waals surface area contributed by atoms with E-state index in [1.54, 1.807) is 25.2 Å². The molecular formula is C12H11N5. The van der Waals surface area contributed by atoms with Gasteiger partial charge in [-0.05, 0) is 12.1 Å². The Morgan fingerprint density at radius 3 is 2.53 bits per heavy atom. The summed E-state index contributed by atoms with van der Waals surface area (Å²) in [4.78, 5) is 8.17. The highest BCUT2D eigenvalue weighted by atomic mass is 15.1. The molecule has 1 heterocycles. The molecule has 84 valence electrons. The first-order valence-electron chi connectivity index (χ1n) is 5.06. The number of aromatic nitrogens is 2. The first-order chi connectivity index (χ1) is 8.22. The van der Waals surface area contributed by atoms with Crippen LogP contribution in [0.25, 0.3) is 11.3 Å². The van der Waals surface area contributed by atoms with Gasteiger partial charge in [0.2, 0.25) is 5.95 Å². The number of hydrogen-bond donors (Lipinski definition) is 2. The Morgan fingerprint density at radius 1 is 1.24 bits per heavy atom. The van der Waals surface area contributed by atoms with E-state index in [0.717, 1.165) is 11.3 Å². The Balaban J connectivity index is 2.45. The predicted molar refractivity (Wildman–Crippen MR) is 66.1 cm³/mol. The van der Waals surface area contributed by atoms with E-state index in [0.29, 0.717) is 11.4 Å². The highest BCUT2D eigenvalue weighted by Crippen LogP contribution is 2.20. The van der Waals surface area contributed by atoms with Crippen molar-refractivity contribution >= 4 is 11.8 Å². The average Bonchev–Trinajstić information content (AvgIpc) is 2.38. The quantitative estimate of drug-likeness (QED) is 0.811. The monoisotopic (exact) mass is 225 g/mol. The minimum absolute atomic E-state index is 0.219. The average molecular weight is 225 g/mol. The van der Waals surface area contributed by atoms with Gasteiger partial charge in [-0.3, -0.25) is 0 Å². The summed E-state index contributed by atoms with van der Waals surface area (Å²) in [6.45, 7) is 0. The second-order valence-electron chi connectivity index (χ2n) is 3.44. The van der Waals surface area contributed by atoms with Gasteiger partial charge in [0.05, 0.1) is 17.3 Å². The van der Waals surface area contributed by atoms with E-state index >= 15 is 0 Å². The first-order valence-corrected chi connectivity index (χ1v) is 5.06. The number of hydrogen-bond acceptors (Lipinski definition) is 5. The van der Waals surface area contributed by atoms with Crippen LogP contribution in [0, 0.1) is 11.3 Å². The predicted octanol–water partition coefficient (Wildman–Crippen LogP) is 1.64. The fourth-order valence-corrected chi connectivity index (χ4v) is 1.46. The molecule has 1 aromatic carbocycles. The van der Waals surface area contributed by atoms with Crippen LogP contribution in [0.5, 0.6) is 0 Å². The molecule has 1 aromatic heterocycles. The third kappa shape index (κ3) is 2.32. The summed E-state index contributed by atoms with van der Waals surface area (Å²) in [7, 11) is 1.77. The summed E-state index contributed by atoms with van der Waals surface area (Å²) in [5.74, 6) is 0.882. The zero-order valence-corrected chi connectivity index (χ0v) is 9.31. The molecule has 0 aliphatic carbocycles. The lowest BCUT2D eigenvalue weighted by Gasteiger charge is -2.05. The Labute approximate surface area is 98.9 Å². The van der Waals surface area contributed by atoms with Crippen molar-refractivity contribution in [2.75, 3.05) is 18.1 Å². The van der Waals surface area contributed by atoms with Crippen LogP contribution in [-0.2, 0) is 0 Å². The summed E-state index contributed by atoms with van der Waals surface area (Å²) < 4.78 is 0. The third-order valence-electron chi connectivity index (χ3n) is 2.31. The molecule has 0 bridgehead atoms.